The fourth-order valence-electron chi connectivity index (χ4n) is 3.70. The molecule has 4 rings (SSSR count). The van der Waals surface area contributed by atoms with E-state index in [-0.39, 0.29) is 17.5 Å². The molecule has 1 aliphatic heterocycles. The van der Waals surface area contributed by atoms with Crippen LogP contribution in [0.3, 0.4) is 0 Å². The summed E-state index contributed by atoms with van der Waals surface area (Å²) >= 11 is 0.970. The van der Waals surface area contributed by atoms with E-state index in [2.05, 4.69) is 30.0 Å². The molecule has 1 unspecified atom stereocenters. The third-order valence-electron chi connectivity index (χ3n) is 5.42. The van der Waals surface area contributed by atoms with Gasteiger partial charge >= 0.3 is 6.18 Å². The van der Waals surface area contributed by atoms with Crippen LogP contribution in [0.5, 0.6) is 5.88 Å². The summed E-state index contributed by atoms with van der Waals surface area (Å²) in [6.45, 7) is 3.11. The van der Waals surface area contributed by atoms with E-state index in [9.17, 15) is 22.4 Å². The Hall–Kier alpha value is -3.39. The van der Waals surface area contributed by atoms with Crippen LogP contribution in [0.4, 0.5) is 34.1 Å². The average Bonchev–Trinajstić information content (AvgIpc) is 3.20. The number of piperidine rings is 1. The van der Waals surface area contributed by atoms with Crippen molar-refractivity contribution in [2.45, 2.75) is 32.0 Å². The molecule has 0 radical (unpaired) electrons. The minimum atomic E-state index is -4.60. The first-order valence-corrected chi connectivity index (χ1v) is 11.8. The van der Waals surface area contributed by atoms with Crippen molar-refractivity contribution < 1.29 is 27.1 Å². The maximum Gasteiger partial charge on any atom is 0.434 e. The van der Waals surface area contributed by atoms with Crippen molar-refractivity contribution in [3.05, 3.63) is 47.7 Å². The van der Waals surface area contributed by atoms with E-state index in [1.165, 1.54) is 6.20 Å². The van der Waals surface area contributed by atoms with Crippen molar-refractivity contribution in [2.24, 2.45) is 0 Å². The number of pyridine rings is 1. The van der Waals surface area contributed by atoms with Crippen molar-refractivity contribution in [3.63, 3.8) is 0 Å². The first kappa shape index (κ1) is 25.7. The van der Waals surface area contributed by atoms with E-state index in [4.69, 9.17) is 4.74 Å². The van der Waals surface area contributed by atoms with Gasteiger partial charge < -0.3 is 15.4 Å². The second-order valence-electron chi connectivity index (χ2n) is 8.09. The summed E-state index contributed by atoms with van der Waals surface area (Å²) in [6.07, 6.45) is 0.0905. The van der Waals surface area contributed by atoms with Crippen LogP contribution in [0.2, 0.25) is 0 Å². The molecule has 1 amide bonds. The smallest absolute Gasteiger partial charge is 0.434 e. The zero-order valence-electron chi connectivity index (χ0n) is 19.2. The Balaban J connectivity index is 1.38. The van der Waals surface area contributed by atoms with Crippen molar-refractivity contribution >= 4 is 33.9 Å². The number of nitrogens with one attached hydrogen (secondary N) is 2. The molecule has 0 aromatic carbocycles. The summed E-state index contributed by atoms with van der Waals surface area (Å²) < 4.78 is 60.8. The molecule has 14 heteroatoms. The number of alkyl halides is 4. The largest absolute Gasteiger partial charge is 0.473 e. The molecule has 192 valence electrons. The minimum Gasteiger partial charge on any atom is -0.473 e. The lowest BCUT2D eigenvalue weighted by atomic mass is 10.1. The van der Waals surface area contributed by atoms with Crippen LogP contribution < -0.4 is 15.4 Å². The summed E-state index contributed by atoms with van der Waals surface area (Å²) in [5, 5.41) is 5.83. The number of amides is 1. The number of halogens is 4. The molecule has 1 aliphatic rings. The first-order chi connectivity index (χ1) is 17.2. The predicted molar refractivity (Wildman–Crippen MR) is 125 cm³/mol. The van der Waals surface area contributed by atoms with E-state index in [1.807, 2.05) is 4.90 Å². The van der Waals surface area contributed by atoms with Gasteiger partial charge in [-0.2, -0.15) is 17.5 Å². The summed E-state index contributed by atoms with van der Waals surface area (Å²) in [5.41, 5.74) is -0.0481. The number of ether oxygens (including phenoxy) is 1. The fraction of sp³-hybridized carbons (Fsp3) is 0.409. The van der Waals surface area contributed by atoms with E-state index < -0.39 is 24.5 Å². The van der Waals surface area contributed by atoms with Crippen LogP contribution >= 0.6 is 11.5 Å². The van der Waals surface area contributed by atoms with Gasteiger partial charge in [0.15, 0.2) is 5.69 Å². The van der Waals surface area contributed by atoms with Crippen molar-refractivity contribution in [1.82, 2.24) is 24.2 Å². The van der Waals surface area contributed by atoms with Crippen molar-refractivity contribution in [2.75, 3.05) is 36.9 Å². The Bertz CT molecular complexity index is 1170. The summed E-state index contributed by atoms with van der Waals surface area (Å²) in [7, 11) is 0. The molecule has 3 aromatic rings. The van der Waals surface area contributed by atoms with Gasteiger partial charge in [0.1, 0.15) is 23.6 Å². The summed E-state index contributed by atoms with van der Waals surface area (Å²) in [6, 6.07) is 3.28. The van der Waals surface area contributed by atoms with Gasteiger partial charge in [-0.1, -0.05) is 0 Å². The van der Waals surface area contributed by atoms with Gasteiger partial charge in [-0.15, -0.1) is 0 Å². The highest BCUT2D eigenvalue weighted by Crippen LogP contribution is 2.30. The topological polar surface area (TPSA) is 105 Å². The van der Waals surface area contributed by atoms with Gasteiger partial charge in [-0.3, -0.25) is 9.69 Å². The van der Waals surface area contributed by atoms with E-state index in [0.29, 0.717) is 41.5 Å². The molecular formula is C22H23F4N7O2S. The second-order valence-corrected chi connectivity index (χ2v) is 8.87. The Morgan fingerprint density at radius 2 is 2.06 bits per heavy atom. The zero-order valence-corrected chi connectivity index (χ0v) is 20.0. The number of anilines is 3. The van der Waals surface area contributed by atoms with Gasteiger partial charge in [0.25, 0.3) is 5.91 Å². The lowest BCUT2D eigenvalue weighted by molar-refractivity contribution is -0.141. The monoisotopic (exact) mass is 525 g/mol. The molecule has 3 aromatic heterocycles. The van der Waals surface area contributed by atoms with Gasteiger partial charge in [-0.05, 0) is 43.9 Å². The number of carbonyl (C=O) groups is 1. The third kappa shape index (κ3) is 6.43. The Kier molecular flexibility index (Phi) is 7.94. The van der Waals surface area contributed by atoms with Crippen molar-refractivity contribution in [3.8, 4) is 5.88 Å². The van der Waals surface area contributed by atoms with Crippen LogP contribution in [-0.2, 0) is 6.18 Å². The maximum absolute atomic E-state index is 12.9. The average molecular weight is 526 g/mol. The maximum atomic E-state index is 12.9. The van der Waals surface area contributed by atoms with Crippen LogP contribution in [0.15, 0.2) is 30.7 Å². The van der Waals surface area contributed by atoms with Crippen LogP contribution in [0, 0.1) is 6.92 Å². The normalized spacial score (nSPS) is 16.5. The summed E-state index contributed by atoms with van der Waals surface area (Å²) in [5.74, 6) is -0.0402. The number of likely N-dealkylation sites (tertiary alicyclic amines) is 1. The van der Waals surface area contributed by atoms with Crippen LogP contribution in [0.25, 0.3) is 0 Å². The van der Waals surface area contributed by atoms with Gasteiger partial charge in [-0.25, -0.2) is 19.3 Å². The van der Waals surface area contributed by atoms with Crippen molar-refractivity contribution in [1.29, 1.82) is 0 Å². The summed E-state index contributed by atoms with van der Waals surface area (Å²) in [4.78, 5) is 26.3. The number of hydrogen-bond donors (Lipinski definition) is 2. The second kappa shape index (κ2) is 11.1. The minimum absolute atomic E-state index is 0.0386. The highest BCUT2D eigenvalue weighted by atomic mass is 32.1. The van der Waals surface area contributed by atoms with Crippen LogP contribution in [-0.4, -0.2) is 62.5 Å². The van der Waals surface area contributed by atoms with Gasteiger partial charge in [0.2, 0.25) is 5.88 Å². The van der Waals surface area contributed by atoms with Crippen LogP contribution in [0.1, 0.15) is 34.6 Å². The lowest BCUT2D eigenvalue weighted by Crippen LogP contribution is -2.42. The quantitative estimate of drug-likeness (QED) is 0.416. The Morgan fingerprint density at radius 1 is 1.22 bits per heavy atom. The molecule has 9 nitrogen and oxygen atoms in total. The highest BCUT2D eigenvalue weighted by molar-refractivity contribution is 7.10. The number of hydrogen-bond acceptors (Lipinski definition) is 9. The molecule has 1 fully saturated rings. The zero-order chi connectivity index (χ0) is 25.7. The van der Waals surface area contributed by atoms with E-state index >= 15 is 0 Å². The molecule has 0 saturated carbocycles. The molecule has 4 heterocycles. The molecule has 0 bridgehead atoms. The number of aryl methyl sites for hydroxylation is 1. The Morgan fingerprint density at radius 3 is 2.72 bits per heavy atom. The highest BCUT2D eigenvalue weighted by Gasteiger charge is 2.33. The SMILES string of the molecule is Cc1nsc(Nc2cnc(C(F)(F)F)cn2)c1C(=O)Nc1ccc(OC2CCCN(CCF)C2)nc1. The number of nitrogens with zero attached hydrogens (tertiary/aromatic N) is 5. The number of rotatable bonds is 8. The van der Waals surface area contributed by atoms with E-state index in [1.54, 1.807) is 19.1 Å². The first-order valence-electron chi connectivity index (χ1n) is 11.1. The molecule has 2 N–H and O–H groups in total. The van der Waals surface area contributed by atoms with Gasteiger partial charge in [0, 0.05) is 19.2 Å². The molecule has 36 heavy (non-hydrogen) atoms. The molecule has 0 spiro atoms. The standard InChI is InChI=1S/C22H23F4N7O2S/c1-13-19(21(36-32-13)31-17-11-27-16(10-28-17)22(24,25)26)20(34)30-14-4-5-18(29-9-14)35-15-3-2-7-33(12-15)8-6-23/h4-5,9-11,15H,2-3,6-8,12H2,1H3,(H,28,31)(H,30,34). The molecule has 0 aliphatic carbocycles. The number of aromatic nitrogens is 4. The fourth-order valence-corrected chi connectivity index (χ4v) is 4.50. The third-order valence-corrected chi connectivity index (χ3v) is 6.27. The number of carbonyl (C=O) groups excluding carboxylic acids is 1. The lowest BCUT2D eigenvalue weighted by Gasteiger charge is -2.31. The van der Waals surface area contributed by atoms with Gasteiger partial charge in [0.05, 0.1) is 35.5 Å². The predicted octanol–water partition coefficient (Wildman–Crippen LogP) is 4.46. The molecular weight excluding hydrogens is 502 g/mol. The molecule has 1 saturated heterocycles. The Labute approximate surface area is 208 Å². The van der Waals surface area contributed by atoms with E-state index in [0.717, 1.165) is 37.1 Å². The molecule has 1 atom stereocenters.